The highest BCUT2D eigenvalue weighted by Gasteiger charge is 2.22. The maximum atomic E-state index is 12.9. The van der Waals surface area contributed by atoms with Crippen molar-refractivity contribution in [2.75, 3.05) is 17.7 Å². The van der Waals surface area contributed by atoms with Crippen LogP contribution >= 0.6 is 11.8 Å². The van der Waals surface area contributed by atoms with Crippen molar-refractivity contribution in [3.63, 3.8) is 0 Å². The molecular weight excluding hydrogens is 450 g/mol. The number of nitrogens with one attached hydrogen (secondary N) is 1. The van der Waals surface area contributed by atoms with Crippen molar-refractivity contribution < 1.29 is 14.3 Å². The van der Waals surface area contributed by atoms with Crippen molar-refractivity contribution in [1.82, 2.24) is 9.55 Å². The Labute approximate surface area is 202 Å². The number of nitrogens with zero attached hydrogens (tertiary/aromatic N) is 4. The number of esters is 1. The zero-order chi connectivity index (χ0) is 24.8. The molecule has 1 aromatic carbocycles. The normalized spacial score (nSPS) is 10.3. The summed E-state index contributed by atoms with van der Waals surface area (Å²) in [5.41, 5.74) is 3.67. The van der Waals surface area contributed by atoms with Crippen LogP contribution in [-0.4, -0.2) is 33.8 Å². The van der Waals surface area contributed by atoms with Crippen LogP contribution in [0.2, 0.25) is 0 Å². The number of anilines is 1. The van der Waals surface area contributed by atoms with Gasteiger partial charge in [0.25, 0.3) is 0 Å². The minimum absolute atomic E-state index is 0.0389. The monoisotopic (exact) mass is 473 g/mol. The second-order valence-corrected chi connectivity index (χ2v) is 8.32. The van der Waals surface area contributed by atoms with Gasteiger partial charge in [0.2, 0.25) is 5.91 Å². The summed E-state index contributed by atoms with van der Waals surface area (Å²) in [7, 11) is 0. The van der Waals surface area contributed by atoms with E-state index in [1.165, 1.54) is 6.07 Å². The molecule has 2 heterocycles. The van der Waals surface area contributed by atoms with Gasteiger partial charge in [-0.15, -0.1) is 0 Å². The van der Waals surface area contributed by atoms with E-state index in [0.29, 0.717) is 22.1 Å². The van der Waals surface area contributed by atoms with Crippen LogP contribution in [0.4, 0.5) is 5.82 Å². The predicted octanol–water partition coefficient (Wildman–Crippen LogP) is 4.45. The van der Waals surface area contributed by atoms with Gasteiger partial charge in [0.15, 0.2) is 0 Å². The standard InChI is InChI=1S/C25H23N5O3S/c1-5-33-25(32)20-11-18(12-26)24(28-16(20)3)34-14-22(31)29-23-21(13-27)15(2)17(4)30(23)19-9-7-6-8-10-19/h6-11H,5,14H2,1-4H3,(H,29,31). The molecule has 0 aliphatic carbocycles. The van der Waals surface area contributed by atoms with Gasteiger partial charge in [0, 0.05) is 11.4 Å². The first-order valence-corrected chi connectivity index (χ1v) is 11.5. The number of thioether (sulfide) groups is 1. The Morgan fingerprint density at radius 3 is 2.47 bits per heavy atom. The van der Waals surface area contributed by atoms with Crippen LogP contribution < -0.4 is 5.32 Å². The van der Waals surface area contributed by atoms with E-state index in [9.17, 15) is 20.1 Å². The molecule has 172 valence electrons. The molecule has 34 heavy (non-hydrogen) atoms. The molecule has 0 spiro atoms. The SMILES string of the molecule is CCOC(=O)c1cc(C#N)c(SCC(=O)Nc2c(C#N)c(C)c(C)n2-c2ccccc2)nc1C. The highest BCUT2D eigenvalue weighted by molar-refractivity contribution is 8.00. The zero-order valence-electron chi connectivity index (χ0n) is 19.3. The van der Waals surface area contributed by atoms with Gasteiger partial charge in [0.05, 0.1) is 34.7 Å². The van der Waals surface area contributed by atoms with Crippen molar-refractivity contribution in [3.8, 4) is 17.8 Å². The van der Waals surface area contributed by atoms with Crippen molar-refractivity contribution in [2.45, 2.75) is 32.7 Å². The van der Waals surface area contributed by atoms with Gasteiger partial charge < -0.3 is 10.1 Å². The van der Waals surface area contributed by atoms with E-state index in [4.69, 9.17) is 4.74 Å². The van der Waals surface area contributed by atoms with Gasteiger partial charge in [0.1, 0.15) is 23.0 Å². The molecule has 0 saturated carbocycles. The lowest BCUT2D eigenvalue weighted by atomic mass is 10.1. The summed E-state index contributed by atoms with van der Waals surface area (Å²) in [6.07, 6.45) is 0. The van der Waals surface area contributed by atoms with E-state index in [1.54, 1.807) is 13.8 Å². The number of benzene rings is 1. The molecule has 0 unspecified atom stereocenters. The van der Waals surface area contributed by atoms with Crippen LogP contribution in [0.25, 0.3) is 5.69 Å². The molecule has 8 nitrogen and oxygen atoms in total. The highest BCUT2D eigenvalue weighted by atomic mass is 32.2. The summed E-state index contributed by atoms with van der Waals surface area (Å²) in [6.45, 7) is 7.29. The van der Waals surface area contributed by atoms with Crippen molar-refractivity contribution in [1.29, 1.82) is 10.5 Å². The minimum atomic E-state index is -0.547. The number of amides is 1. The van der Waals surface area contributed by atoms with Gasteiger partial charge in [-0.05, 0) is 51.5 Å². The number of carbonyl (C=O) groups excluding carboxylic acids is 2. The number of ether oxygens (including phenoxy) is 1. The molecule has 1 N–H and O–H groups in total. The van der Waals surface area contributed by atoms with Crippen molar-refractivity contribution >= 4 is 29.5 Å². The van der Waals surface area contributed by atoms with Crippen LogP contribution in [0.5, 0.6) is 0 Å². The minimum Gasteiger partial charge on any atom is -0.462 e. The number of aryl methyl sites for hydroxylation is 1. The smallest absolute Gasteiger partial charge is 0.340 e. The zero-order valence-corrected chi connectivity index (χ0v) is 20.1. The van der Waals surface area contributed by atoms with Gasteiger partial charge in [-0.25, -0.2) is 9.78 Å². The topological polar surface area (TPSA) is 121 Å². The first kappa shape index (κ1) is 24.6. The Bertz CT molecular complexity index is 1330. The maximum Gasteiger partial charge on any atom is 0.340 e. The molecular formula is C25H23N5O3S. The fraction of sp³-hybridized carbons (Fsp3) is 0.240. The quantitative estimate of drug-likeness (QED) is 0.397. The largest absolute Gasteiger partial charge is 0.462 e. The summed E-state index contributed by atoms with van der Waals surface area (Å²) < 4.78 is 6.85. The summed E-state index contributed by atoms with van der Waals surface area (Å²) in [6, 6.07) is 15.1. The van der Waals surface area contributed by atoms with Gasteiger partial charge in [-0.1, -0.05) is 30.0 Å². The lowest BCUT2D eigenvalue weighted by Crippen LogP contribution is -2.18. The highest BCUT2D eigenvalue weighted by Crippen LogP contribution is 2.30. The molecule has 2 aromatic heterocycles. The van der Waals surface area contributed by atoms with E-state index in [1.807, 2.05) is 54.8 Å². The summed E-state index contributed by atoms with van der Waals surface area (Å²) in [4.78, 5) is 29.3. The predicted molar refractivity (Wildman–Crippen MR) is 129 cm³/mol. The molecule has 9 heteroatoms. The van der Waals surface area contributed by atoms with E-state index in [0.717, 1.165) is 28.7 Å². The van der Waals surface area contributed by atoms with Crippen LogP contribution in [-0.2, 0) is 9.53 Å². The third-order valence-electron chi connectivity index (χ3n) is 5.23. The molecule has 0 fully saturated rings. The third kappa shape index (κ3) is 4.95. The fourth-order valence-electron chi connectivity index (χ4n) is 3.45. The number of hydrogen-bond donors (Lipinski definition) is 1. The number of carbonyl (C=O) groups is 2. The molecule has 3 aromatic rings. The molecule has 0 saturated heterocycles. The summed E-state index contributed by atoms with van der Waals surface area (Å²) in [5, 5.41) is 22.4. The number of nitriles is 2. The molecule has 0 aliphatic rings. The average Bonchev–Trinajstić information content (AvgIpc) is 3.06. The molecule has 0 aliphatic heterocycles. The second-order valence-electron chi connectivity index (χ2n) is 7.36. The molecule has 0 radical (unpaired) electrons. The first-order valence-electron chi connectivity index (χ1n) is 10.5. The van der Waals surface area contributed by atoms with Crippen molar-refractivity contribution in [3.05, 3.63) is 70.0 Å². The maximum absolute atomic E-state index is 12.9. The van der Waals surface area contributed by atoms with E-state index in [2.05, 4.69) is 16.4 Å². The molecule has 1 amide bonds. The number of rotatable bonds is 7. The Morgan fingerprint density at radius 2 is 1.85 bits per heavy atom. The number of hydrogen-bond acceptors (Lipinski definition) is 7. The first-order chi connectivity index (χ1) is 16.3. The van der Waals surface area contributed by atoms with Crippen LogP contribution in [0, 0.1) is 43.4 Å². The van der Waals surface area contributed by atoms with Crippen LogP contribution in [0.15, 0.2) is 41.4 Å². The Balaban J connectivity index is 1.85. The van der Waals surface area contributed by atoms with Crippen LogP contribution in [0.3, 0.4) is 0 Å². The Kier molecular flexibility index (Phi) is 7.72. The second kappa shape index (κ2) is 10.7. The Morgan fingerprint density at radius 1 is 1.15 bits per heavy atom. The van der Waals surface area contributed by atoms with Gasteiger partial charge >= 0.3 is 5.97 Å². The summed E-state index contributed by atoms with van der Waals surface area (Å²) in [5.74, 6) is -0.539. The molecule has 3 rings (SSSR count). The Hall–Kier alpha value is -4.08. The lowest BCUT2D eigenvalue weighted by molar-refractivity contribution is -0.113. The van der Waals surface area contributed by atoms with Gasteiger partial charge in [-0.2, -0.15) is 10.5 Å². The van der Waals surface area contributed by atoms with E-state index < -0.39 is 5.97 Å². The third-order valence-corrected chi connectivity index (χ3v) is 6.22. The van der Waals surface area contributed by atoms with E-state index in [-0.39, 0.29) is 29.4 Å². The lowest BCUT2D eigenvalue weighted by Gasteiger charge is -2.13. The molecule has 0 bridgehead atoms. The summed E-state index contributed by atoms with van der Waals surface area (Å²) >= 11 is 1.08. The fourth-order valence-corrected chi connectivity index (χ4v) is 4.25. The van der Waals surface area contributed by atoms with Crippen LogP contribution in [0.1, 0.15) is 45.4 Å². The molecule has 0 atom stereocenters. The van der Waals surface area contributed by atoms with E-state index >= 15 is 0 Å². The number of pyridine rings is 1. The van der Waals surface area contributed by atoms with Crippen molar-refractivity contribution in [2.24, 2.45) is 0 Å². The number of para-hydroxylation sites is 1. The number of aromatic nitrogens is 2. The average molecular weight is 474 g/mol. The van der Waals surface area contributed by atoms with Gasteiger partial charge in [-0.3, -0.25) is 9.36 Å².